The molecule has 0 spiro atoms. The molecule has 90 valence electrons. The van der Waals surface area contributed by atoms with E-state index in [0.717, 1.165) is 0 Å². The van der Waals surface area contributed by atoms with Crippen LogP contribution in [-0.4, -0.2) is 19.9 Å². The maximum Gasteiger partial charge on any atom is 0.182 e. The lowest BCUT2D eigenvalue weighted by atomic mass is 10.2. The predicted molar refractivity (Wildman–Crippen MR) is 72.1 cm³/mol. The predicted octanol–water partition coefficient (Wildman–Crippen LogP) is 3.98. The minimum atomic E-state index is 0.307. The number of hydrogen-bond acceptors (Lipinski definition) is 3. The fourth-order valence-electron chi connectivity index (χ4n) is 1.64. The average molecular weight is 300 g/mol. The largest absolute Gasteiger partial charge is 0.334 e. The third-order valence-electron chi connectivity index (χ3n) is 2.44. The van der Waals surface area contributed by atoms with Gasteiger partial charge in [-0.1, -0.05) is 40.9 Å². The molecule has 0 saturated heterocycles. The van der Waals surface area contributed by atoms with E-state index in [1.165, 1.54) is 6.33 Å². The van der Waals surface area contributed by atoms with E-state index in [9.17, 15) is 0 Å². The fraction of sp³-hybridized carbons (Fsp3) is 0. The molecule has 3 rings (SSSR count). The first-order chi connectivity index (χ1) is 8.66. The number of aromatic nitrogens is 4. The monoisotopic (exact) mass is 298 g/mol. The number of hydrogen-bond donors (Lipinski definition) is 1. The van der Waals surface area contributed by atoms with E-state index in [1.54, 1.807) is 18.2 Å². The van der Waals surface area contributed by atoms with E-state index in [4.69, 9.17) is 34.8 Å². The molecule has 0 atom stereocenters. The Morgan fingerprint density at radius 3 is 2.39 bits per heavy atom. The third kappa shape index (κ3) is 1.82. The van der Waals surface area contributed by atoms with Gasteiger partial charge in [-0.2, -0.15) is 0 Å². The number of H-pyrrole nitrogens is 1. The van der Waals surface area contributed by atoms with Gasteiger partial charge in [0.1, 0.15) is 17.7 Å². The van der Waals surface area contributed by atoms with Gasteiger partial charge in [0.05, 0.1) is 15.6 Å². The van der Waals surface area contributed by atoms with Crippen molar-refractivity contribution >= 4 is 46.0 Å². The SMILES string of the molecule is Clc1cccc(Cl)c1-c1nc2ncnc(Cl)c2[nH]1. The van der Waals surface area contributed by atoms with Crippen LogP contribution in [0.2, 0.25) is 15.2 Å². The molecule has 7 heteroatoms. The van der Waals surface area contributed by atoms with E-state index < -0.39 is 0 Å². The van der Waals surface area contributed by atoms with Crippen LogP contribution < -0.4 is 0 Å². The Bertz CT molecular complexity index is 718. The molecule has 1 aromatic carbocycles. The molecule has 0 saturated carbocycles. The van der Waals surface area contributed by atoms with Crippen molar-refractivity contribution in [1.29, 1.82) is 0 Å². The van der Waals surface area contributed by atoms with Crippen LogP contribution in [0.25, 0.3) is 22.6 Å². The van der Waals surface area contributed by atoms with Crippen molar-refractivity contribution in [1.82, 2.24) is 19.9 Å². The highest BCUT2D eigenvalue weighted by molar-refractivity contribution is 6.39. The molecule has 18 heavy (non-hydrogen) atoms. The van der Waals surface area contributed by atoms with Crippen LogP contribution in [0.15, 0.2) is 24.5 Å². The van der Waals surface area contributed by atoms with Crippen LogP contribution in [0.1, 0.15) is 0 Å². The molecule has 0 aliphatic rings. The first-order valence-corrected chi connectivity index (χ1v) is 6.11. The van der Waals surface area contributed by atoms with Crippen molar-refractivity contribution in [2.24, 2.45) is 0 Å². The van der Waals surface area contributed by atoms with Crippen molar-refractivity contribution < 1.29 is 0 Å². The summed E-state index contributed by atoms with van der Waals surface area (Å²) >= 11 is 18.2. The number of rotatable bonds is 1. The summed E-state index contributed by atoms with van der Waals surface area (Å²) in [6, 6.07) is 5.25. The number of benzene rings is 1. The van der Waals surface area contributed by atoms with E-state index in [-0.39, 0.29) is 0 Å². The molecule has 0 amide bonds. The van der Waals surface area contributed by atoms with Crippen LogP contribution >= 0.6 is 34.8 Å². The van der Waals surface area contributed by atoms with Crippen molar-refractivity contribution in [3.05, 3.63) is 39.7 Å². The minimum Gasteiger partial charge on any atom is -0.334 e. The van der Waals surface area contributed by atoms with Gasteiger partial charge in [-0.25, -0.2) is 15.0 Å². The highest BCUT2D eigenvalue weighted by Crippen LogP contribution is 2.34. The number of nitrogens with zero attached hydrogens (tertiary/aromatic N) is 3. The second-order valence-corrected chi connectivity index (χ2v) is 4.72. The Morgan fingerprint density at radius 2 is 1.72 bits per heavy atom. The van der Waals surface area contributed by atoms with Gasteiger partial charge in [0.25, 0.3) is 0 Å². The number of imidazole rings is 1. The lowest BCUT2D eigenvalue weighted by molar-refractivity contribution is 1.20. The maximum atomic E-state index is 6.12. The maximum absolute atomic E-state index is 6.12. The molecular formula is C11H5Cl3N4. The van der Waals surface area contributed by atoms with Crippen LogP contribution in [0.3, 0.4) is 0 Å². The zero-order valence-corrected chi connectivity index (χ0v) is 11.1. The summed E-state index contributed by atoms with van der Waals surface area (Å²) < 4.78 is 0. The summed E-state index contributed by atoms with van der Waals surface area (Å²) in [5.41, 5.74) is 1.65. The average Bonchev–Trinajstić information content (AvgIpc) is 2.74. The molecule has 1 N–H and O–H groups in total. The first-order valence-electron chi connectivity index (χ1n) is 4.97. The lowest BCUT2D eigenvalue weighted by Crippen LogP contribution is -1.83. The second kappa shape index (κ2) is 4.39. The highest BCUT2D eigenvalue weighted by atomic mass is 35.5. The van der Waals surface area contributed by atoms with Crippen LogP contribution in [0, 0.1) is 0 Å². The second-order valence-electron chi connectivity index (χ2n) is 3.55. The zero-order valence-electron chi connectivity index (χ0n) is 8.78. The van der Waals surface area contributed by atoms with Gasteiger partial charge in [0.15, 0.2) is 10.8 Å². The van der Waals surface area contributed by atoms with Gasteiger partial charge in [-0.15, -0.1) is 0 Å². The van der Waals surface area contributed by atoms with Gasteiger partial charge in [0.2, 0.25) is 0 Å². The first kappa shape index (κ1) is 11.7. The molecule has 0 fully saturated rings. The van der Waals surface area contributed by atoms with Crippen molar-refractivity contribution in [2.75, 3.05) is 0 Å². The molecule has 0 radical (unpaired) electrons. The summed E-state index contributed by atoms with van der Waals surface area (Å²) in [5, 5.41) is 1.32. The van der Waals surface area contributed by atoms with Crippen LogP contribution in [0.5, 0.6) is 0 Å². The molecule has 0 bridgehead atoms. The third-order valence-corrected chi connectivity index (χ3v) is 3.36. The standard InChI is InChI=1S/C11H5Cl3N4/c12-5-2-1-3-6(13)7(5)10-17-8-9(14)15-4-16-11(8)18-10/h1-4H,(H,15,16,17,18). The van der Waals surface area contributed by atoms with Crippen molar-refractivity contribution in [3.8, 4) is 11.4 Å². The van der Waals surface area contributed by atoms with Gasteiger partial charge in [-0.3, -0.25) is 0 Å². The van der Waals surface area contributed by atoms with Crippen molar-refractivity contribution in [2.45, 2.75) is 0 Å². The molecule has 0 unspecified atom stereocenters. The minimum absolute atomic E-state index is 0.307. The molecule has 0 aliphatic heterocycles. The fourth-order valence-corrected chi connectivity index (χ4v) is 2.39. The summed E-state index contributed by atoms with van der Waals surface area (Å²) in [6.45, 7) is 0. The van der Waals surface area contributed by atoms with E-state index in [2.05, 4.69) is 19.9 Å². The number of nitrogens with one attached hydrogen (secondary N) is 1. The molecule has 4 nitrogen and oxygen atoms in total. The van der Waals surface area contributed by atoms with Gasteiger partial charge in [0, 0.05) is 0 Å². The normalized spacial score (nSPS) is 11.1. The Hall–Kier alpha value is -1.36. The highest BCUT2D eigenvalue weighted by Gasteiger charge is 2.14. The molecule has 3 aromatic rings. The number of halogens is 3. The van der Waals surface area contributed by atoms with Gasteiger partial charge in [-0.05, 0) is 12.1 Å². The van der Waals surface area contributed by atoms with Crippen LogP contribution in [-0.2, 0) is 0 Å². The van der Waals surface area contributed by atoms with Gasteiger partial charge < -0.3 is 4.98 Å². The molecule has 2 aromatic heterocycles. The Morgan fingerprint density at radius 1 is 1.00 bits per heavy atom. The van der Waals surface area contributed by atoms with E-state index in [0.29, 0.717) is 37.8 Å². The smallest absolute Gasteiger partial charge is 0.182 e. The number of fused-ring (bicyclic) bond motifs is 1. The Balaban J connectivity index is 2.30. The molecule has 0 aliphatic carbocycles. The Kier molecular flexibility index (Phi) is 2.86. The Labute approximate surface area is 117 Å². The summed E-state index contributed by atoms with van der Waals surface area (Å²) in [4.78, 5) is 15.2. The number of aromatic amines is 1. The van der Waals surface area contributed by atoms with Gasteiger partial charge >= 0.3 is 0 Å². The van der Waals surface area contributed by atoms with E-state index >= 15 is 0 Å². The summed E-state index contributed by atoms with van der Waals surface area (Å²) in [5.74, 6) is 0.517. The molecular weight excluding hydrogens is 295 g/mol. The van der Waals surface area contributed by atoms with Crippen molar-refractivity contribution in [3.63, 3.8) is 0 Å². The zero-order chi connectivity index (χ0) is 12.7. The summed E-state index contributed by atoms with van der Waals surface area (Å²) in [6.07, 6.45) is 1.35. The topological polar surface area (TPSA) is 54.5 Å². The summed E-state index contributed by atoms with van der Waals surface area (Å²) in [7, 11) is 0. The quantitative estimate of drug-likeness (QED) is 0.691. The molecule has 2 heterocycles. The lowest BCUT2D eigenvalue weighted by Gasteiger charge is -2.02. The van der Waals surface area contributed by atoms with E-state index in [1.807, 2.05) is 0 Å². The van der Waals surface area contributed by atoms with Crippen LogP contribution in [0.4, 0.5) is 0 Å².